The highest BCUT2D eigenvalue weighted by Crippen LogP contribution is 2.39. The average molecular weight is 570 g/mol. The van der Waals surface area contributed by atoms with E-state index in [0.29, 0.717) is 46.4 Å². The molecule has 0 radical (unpaired) electrons. The Labute approximate surface area is 234 Å². The number of piperidine rings is 1. The van der Waals surface area contributed by atoms with Gasteiger partial charge in [0.25, 0.3) is 5.56 Å². The van der Waals surface area contributed by atoms with Gasteiger partial charge in [0, 0.05) is 38.2 Å². The van der Waals surface area contributed by atoms with Crippen LogP contribution < -0.4 is 21.5 Å². The minimum absolute atomic E-state index is 0.220. The number of benzene rings is 1. The zero-order valence-electron chi connectivity index (χ0n) is 23.1. The molecule has 0 bridgehead atoms. The number of carbonyl (C=O) groups excluding carboxylic acids is 1. The number of anilines is 1. The van der Waals surface area contributed by atoms with Crippen LogP contribution in [0, 0.1) is 0 Å². The van der Waals surface area contributed by atoms with Crippen LogP contribution >= 0.6 is 11.6 Å². The number of halogens is 1. The maximum absolute atomic E-state index is 13.7. The minimum atomic E-state index is -0.628. The largest absolute Gasteiger partial charge is 0.444 e. The SMILES string of the molecule is Cn1c(=O)c2c(c(-c3nnn[nH]3)c(N3CCC[C@@H](NC(=O)OC(C)(C)C)C3)n2Cc2ccccc2Cl)n(C)c1=O. The van der Waals surface area contributed by atoms with Crippen LogP contribution in [0.25, 0.3) is 22.4 Å². The molecule has 13 nitrogen and oxygen atoms in total. The highest BCUT2D eigenvalue weighted by atomic mass is 35.5. The van der Waals surface area contributed by atoms with Crippen molar-refractivity contribution in [1.29, 1.82) is 0 Å². The fraction of sp³-hybridized carbons (Fsp3) is 0.462. The Morgan fingerprint density at radius 3 is 2.60 bits per heavy atom. The van der Waals surface area contributed by atoms with Gasteiger partial charge >= 0.3 is 11.8 Å². The number of aromatic amines is 1. The van der Waals surface area contributed by atoms with Gasteiger partial charge in [0.2, 0.25) is 0 Å². The summed E-state index contributed by atoms with van der Waals surface area (Å²) in [6.45, 7) is 6.76. The molecular formula is C26H32ClN9O4. The minimum Gasteiger partial charge on any atom is -0.444 e. The van der Waals surface area contributed by atoms with E-state index in [2.05, 4.69) is 30.8 Å². The molecule has 1 aromatic carbocycles. The normalized spacial score (nSPS) is 15.9. The van der Waals surface area contributed by atoms with E-state index in [4.69, 9.17) is 16.3 Å². The van der Waals surface area contributed by atoms with Gasteiger partial charge in [-0.05, 0) is 55.7 Å². The van der Waals surface area contributed by atoms with Gasteiger partial charge in [-0.25, -0.2) is 14.7 Å². The number of ether oxygens (including phenoxy) is 1. The molecule has 1 aliphatic heterocycles. The molecule has 0 unspecified atom stereocenters. The first-order chi connectivity index (χ1) is 19.0. The van der Waals surface area contributed by atoms with Gasteiger partial charge in [0.1, 0.15) is 16.9 Å². The molecule has 4 heterocycles. The standard InChI is InChI=1S/C26H32ClN9O4/c1-26(2,3)40-24(38)28-16-10-8-12-35(14-16)22-18(21-29-31-32-30-21)19-20(23(37)34(5)25(39)33(19)4)36(22)13-15-9-6-7-11-17(15)27/h6-7,9,11,16H,8,10,12-14H2,1-5H3,(H,28,38)(H,29,30,31,32)/t16-/m1/s1. The molecule has 14 heteroatoms. The van der Waals surface area contributed by atoms with Gasteiger partial charge < -0.3 is 19.5 Å². The molecular weight excluding hydrogens is 538 g/mol. The van der Waals surface area contributed by atoms with Crippen molar-refractivity contribution in [3.8, 4) is 11.4 Å². The quantitative estimate of drug-likeness (QED) is 0.373. The number of fused-ring (bicyclic) bond motifs is 1. The number of rotatable bonds is 5. The molecule has 1 amide bonds. The van der Waals surface area contributed by atoms with E-state index in [0.717, 1.165) is 23.0 Å². The predicted molar refractivity (Wildman–Crippen MR) is 151 cm³/mol. The molecule has 0 aliphatic carbocycles. The van der Waals surface area contributed by atoms with E-state index < -0.39 is 22.9 Å². The van der Waals surface area contributed by atoms with Crippen LogP contribution in [0.15, 0.2) is 33.9 Å². The molecule has 1 saturated heterocycles. The lowest BCUT2D eigenvalue weighted by Crippen LogP contribution is -2.49. The Bertz CT molecular complexity index is 1680. The van der Waals surface area contributed by atoms with Gasteiger partial charge in [-0.1, -0.05) is 29.8 Å². The van der Waals surface area contributed by atoms with E-state index in [-0.39, 0.29) is 12.6 Å². The monoisotopic (exact) mass is 569 g/mol. The molecule has 5 rings (SSSR count). The average Bonchev–Trinajstić information content (AvgIpc) is 3.53. The van der Waals surface area contributed by atoms with Crippen molar-refractivity contribution in [2.45, 2.75) is 51.8 Å². The van der Waals surface area contributed by atoms with Crippen molar-refractivity contribution >= 4 is 34.5 Å². The van der Waals surface area contributed by atoms with E-state index in [1.54, 1.807) is 13.1 Å². The topological polar surface area (TPSA) is 145 Å². The van der Waals surface area contributed by atoms with Crippen molar-refractivity contribution < 1.29 is 9.53 Å². The molecule has 0 spiro atoms. The van der Waals surface area contributed by atoms with Gasteiger partial charge in [-0.3, -0.25) is 13.9 Å². The smallest absolute Gasteiger partial charge is 0.407 e. The molecule has 212 valence electrons. The third-order valence-electron chi connectivity index (χ3n) is 6.94. The Morgan fingerprint density at radius 1 is 1.18 bits per heavy atom. The summed E-state index contributed by atoms with van der Waals surface area (Å²) in [6.07, 6.45) is 1.02. The molecule has 1 fully saturated rings. The van der Waals surface area contributed by atoms with Crippen LogP contribution in [0.5, 0.6) is 0 Å². The first kappa shape index (κ1) is 27.4. The molecule has 2 N–H and O–H groups in total. The Kier molecular flexibility index (Phi) is 7.17. The Hall–Kier alpha value is -4.13. The van der Waals surface area contributed by atoms with Crippen molar-refractivity contribution in [2.75, 3.05) is 18.0 Å². The second kappa shape index (κ2) is 10.5. The molecule has 1 aliphatic rings. The van der Waals surface area contributed by atoms with Crippen LogP contribution in [-0.4, -0.2) is 65.2 Å². The predicted octanol–water partition coefficient (Wildman–Crippen LogP) is 2.41. The summed E-state index contributed by atoms with van der Waals surface area (Å²) in [7, 11) is 3.07. The Morgan fingerprint density at radius 2 is 1.93 bits per heavy atom. The molecule has 4 aromatic rings. The highest BCUT2D eigenvalue weighted by Gasteiger charge is 2.33. The molecule has 0 saturated carbocycles. The number of tetrazole rings is 1. The summed E-state index contributed by atoms with van der Waals surface area (Å²) in [5, 5.41) is 18.0. The number of carbonyl (C=O) groups is 1. The first-order valence-corrected chi connectivity index (χ1v) is 13.4. The summed E-state index contributed by atoms with van der Waals surface area (Å²) >= 11 is 6.57. The van der Waals surface area contributed by atoms with Gasteiger partial charge in [0.05, 0.1) is 17.6 Å². The van der Waals surface area contributed by atoms with E-state index in [9.17, 15) is 14.4 Å². The maximum atomic E-state index is 13.7. The number of H-pyrrole nitrogens is 1. The van der Waals surface area contributed by atoms with Crippen molar-refractivity contribution in [1.82, 2.24) is 39.6 Å². The van der Waals surface area contributed by atoms with E-state index in [1.807, 2.05) is 43.5 Å². The molecule has 1 atom stereocenters. The second-order valence-corrected chi connectivity index (χ2v) is 11.4. The van der Waals surface area contributed by atoms with Gasteiger partial charge in [-0.15, -0.1) is 5.10 Å². The lowest BCUT2D eigenvalue weighted by molar-refractivity contribution is 0.0500. The fourth-order valence-corrected chi connectivity index (χ4v) is 5.42. The van der Waals surface area contributed by atoms with Gasteiger partial charge in [0.15, 0.2) is 5.82 Å². The van der Waals surface area contributed by atoms with Crippen LogP contribution in [0.1, 0.15) is 39.2 Å². The van der Waals surface area contributed by atoms with E-state index in [1.165, 1.54) is 11.6 Å². The second-order valence-electron chi connectivity index (χ2n) is 11.0. The number of aromatic nitrogens is 7. The van der Waals surface area contributed by atoms with Crippen LogP contribution in [0.2, 0.25) is 5.02 Å². The third kappa shape index (κ3) is 5.08. The number of amides is 1. The number of aryl methyl sites for hydroxylation is 1. The van der Waals surface area contributed by atoms with Gasteiger partial charge in [-0.2, -0.15) is 0 Å². The third-order valence-corrected chi connectivity index (χ3v) is 7.31. The number of nitrogens with one attached hydrogen (secondary N) is 2. The number of nitrogens with zero attached hydrogens (tertiary/aromatic N) is 7. The van der Waals surface area contributed by atoms with Crippen LogP contribution in [0.3, 0.4) is 0 Å². The zero-order valence-corrected chi connectivity index (χ0v) is 23.8. The lowest BCUT2D eigenvalue weighted by Gasteiger charge is -2.36. The zero-order chi connectivity index (χ0) is 28.8. The summed E-state index contributed by atoms with van der Waals surface area (Å²) in [6, 6.07) is 7.18. The number of hydrogen-bond donors (Lipinski definition) is 2. The Balaban J connectivity index is 1.72. The summed E-state index contributed by atoms with van der Waals surface area (Å²) in [4.78, 5) is 41.5. The number of hydrogen-bond acceptors (Lipinski definition) is 8. The maximum Gasteiger partial charge on any atom is 0.407 e. The van der Waals surface area contributed by atoms with Crippen molar-refractivity contribution in [3.05, 3.63) is 55.7 Å². The number of alkyl carbamates (subject to hydrolysis) is 1. The summed E-state index contributed by atoms with van der Waals surface area (Å²) < 4.78 is 9.87. The lowest BCUT2D eigenvalue weighted by atomic mass is 10.1. The first-order valence-electron chi connectivity index (χ1n) is 13.0. The van der Waals surface area contributed by atoms with Crippen molar-refractivity contribution in [2.24, 2.45) is 14.1 Å². The molecule has 3 aromatic heterocycles. The van der Waals surface area contributed by atoms with Crippen molar-refractivity contribution in [3.63, 3.8) is 0 Å². The summed E-state index contributed by atoms with van der Waals surface area (Å²) in [5.74, 6) is 0.950. The van der Waals surface area contributed by atoms with E-state index >= 15 is 0 Å². The summed E-state index contributed by atoms with van der Waals surface area (Å²) in [5.41, 5.74) is 0.463. The van der Waals surface area contributed by atoms with Crippen LogP contribution in [-0.2, 0) is 25.4 Å². The van der Waals surface area contributed by atoms with Crippen LogP contribution in [0.4, 0.5) is 10.6 Å². The molecule has 40 heavy (non-hydrogen) atoms. The highest BCUT2D eigenvalue weighted by molar-refractivity contribution is 6.31. The fourth-order valence-electron chi connectivity index (χ4n) is 5.23.